The van der Waals surface area contributed by atoms with Crippen LogP contribution in [-0.4, -0.2) is 47.0 Å². The van der Waals surface area contributed by atoms with Gasteiger partial charge in [0.1, 0.15) is 0 Å². The topological polar surface area (TPSA) is 48.5 Å². The molecule has 1 aliphatic rings. The van der Waals surface area contributed by atoms with Gasteiger partial charge in [0.25, 0.3) is 0 Å². The molecule has 1 aromatic heterocycles. The molecule has 29 heavy (non-hydrogen) atoms. The number of benzene rings is 1. The predicted octanol–water partition coefficient (Wildman–Crippen LogP) is 4.69. The van der Waals surface area contributed by atoms with E-state index in [-0.39, 0.29) is 17.6 Å². The average molecular weight is 400 g/mol. The number of urea groups is 1. The molecule has 1 aliphatic heterocycles. The van der Waals surface area contributed by atoms with E-state index in [4.69, 9.17) is 0 Å². The summed E-state index contributed by atoms with van der Waals surface area (Å²) >= 11 is 0. The van der Waals surface area contributed by atoms with Gasteiger partial charge >= 0.3 is 6.03 Å². The molecule has 0 radical (unpaired) electrons. The van der Waals surface area contributed by atoms with Crippen LogP contribution in [0, 0.1) is 11.6 Å². The van der Waals surface area contributed by atoms with Crippen LogP contribution in [0.4, 0.5) is 19.3 Å². The third kappa shape index (κ3) is 4.79. The lowest BCUT2D eigenvalue weighted by molar-refractivity contribution is 0.108. The number of amides is 2. The average Bonchev–Trinajstić information content (AvgIpc) is 2.75. The molecule has 0 aliphatic carbocycles. The Balaban J connectivity index is 1.70. The molecule has 1 unspecified atom stereocenters. The zero-order chi connectivity index (χ0) is 20.8. The predicted molar refractivity (Wildman–Crippen MR) is 110 cm³/mol. The van der Waals surface area contributed by atoms with Gasteiger partial charge in [0.05, 0.1) is 11.9 Å². The number of piperazine rings is 1. The number of hydrogen-bond acceptors (Lipinski definition) is 3. The van der Waals surface area contributed by atoms with E-state index < -0.39 is 11.6 Å². The number of carbonyl (C=O) groups excluding carboxylic acids is 1. The highest BCUT2D eigenvalue weighted by Gasteiger charge is 2.28. The highest BCUT2D eigenvalue weighted by molar-refractivity contribution is 5.89. The maximum Gasteiger partial charge on any atom is 0.321 e. The molecule has 154 valence electrons. The molecule has 1 fully saturated rings. The molecular weight excluding hydrogens is 374 g/mol. The first kappa shape index (κ1) is 20.9. The van der Waals surface area contributed by atoms with Crippen molar-refractivity contribution in [2.75, 3.05) is 31.5 Å². The van der Waals surface area contributed by atoms with Crippen molar-refractivity contribution in [1.82, 2.24) is 14.8 Å². The van der Waals surface area contributed by atoms with Crippen LogP contribution in [0.3, 0.4) is 0 Å². The van der Waals surface area contributed by atoms with E-state index in [0.717, 1.165) is 18.4 Å². The van der Waals surface area contributed by atoms with Gasteiger partial charge in [0, 0.05) is 44.0 Å². The smallest absolute Gasteiger partial charge is 0.321 e. The van der Waals surface area contributed by atoms with Gasteiger partial charge in [-0.15, -0.1) is 0 Å². The zero-order valence-corrected chi connectivity index (χ0v) is 16.6. The summed E-state index contributed by atoms with van der Waals surface area (Å²) < 4.78 is 27.9. The fraction of sp³-hybridized carbons (Fsp3) is 0.364. The van der Waals surface area contributed by atoms with Gasteiger partial charge in [0.15, 0.2) is 11.6 Å². The second-order valence-corrected chi connectivity index (χ2v) is 7.07. The largest absolute Gasteiger partial charge is 0.322 e. The van der Waals surface area contributed by atoms with Crippen LogP contribution < -0.4 is 5.32 Å². The summed E-state index contributed by atoms with van der Waals surface area (Å²) in [6.07, 6.45) is 6.35. The number of carbonyl (C=O) groups is 1. The molecular formula is C22H26F2N4O. The molecule has 0 saturated carbocycles. The number of anilines is 1. The third-order valence-electron chi connectivity index (χ3n) is 5.25. The first-order valence-corrected chi connectivity index (χ1v) is 9.85. The summed E-state index contributed by atoms with van der Waals surface area (Å²) in [5.41, 5.74) is 1.62. The molecule has 3 rings (SSSR count). The van der Waals surface area contributed by atoms with Crippen LogP contribution in [0.2, 0.25) is 0 Å². The third-order valence-corrected chi connectivity index (χ3v) is 5.25. The Labute approximate surface area is 170 Å². The van der Waals surface area contributed by atoms with E-state index in [1.54, 1.807) is 35.5 Å². The maximum atomic E-state index is 14.3. The Bertz CT molecular complexity index is 851. The quantitative estimate of drug-likeness (QED) is 0.765. The lowest BCUT2D eigenvalue weighted by Crippen LogP contribution is -2.51. The highest BCUT2D eigenvalue weighted by atomic mass is 19.2. The molecule has 0 spiro atoms. The molecule has 5 nitrogen and oxygen atoms in total. The highest BCUT2D eigenvalue weighted by Crippen LogP contribution is 2.32. The molecule has 2 aromatic rings. The molecule has 1 saturated heterocycles. The van der Waals surface area contributed by atoms with Crippen LogP contribution in [0.5, 0.6) is 0 Å². The van der Waals surface area contributed by atoms with Gasteiger partial charge in [-0.05, 0) is 30.2 Å². The molecule has 2 amide bonds. The van der Waals surface area contributed by atoms with E-state index >= 15 is 0 Å². The fourth-order valence-corrected chi connectivity index (χ4v) is 3.76. The summed E-state index contributed by atoms with van der Waals surface area (Å²) in [4.78, 5) is 20.5. The Morgan fingerprint density at radius 1 is 1.28 bits per heavy atom. The number of hydrogen-bond donors (Lipinski definition) is 1. The number of halogens is 2. The second kappa shape index (κ2) is 9.60. The zero-order valence-electron chi connectivity index (χ0n) is 16.6. The van der Waals surface area contributed by atoms with Crippen molar-refractivity contribution in [3.05, 3.63) is 66.0 Å². The first-order valence-electron chi connectivity index (χ1n) is 9.85. The van der Waals surface area contributed by atoms with Crippen molar-refractivity contribution >= 4 is 17.8 Å². The van der Waals surface area contributed by atoms with E-state index in [9.17, 15) is 13.6 Å². The number of rotatable bonds is 6. The molecule has 1 N–H and O–H groups in total. The van der Waals surface area contributed by atoms with Gasteiger partial charge in [-0.3, -0.25) is 9.88 Å². The van der Waals surface area contributed by atoms with Crippen molar-refractivity contribution in [3.8, 4) is 0 Å². The van der Waals surface area contributed by atoms with Gasteiger partial charge in [-0.2, -0.15) is 0 Å². The summed E-state index contributed by atoms with van der Waals surface area (Å²) in [6, 6.07) is 6.17. The summed E-state index contributed by atoms with van der Waals surface area (Å²) in [7, 11) is 0. The van der Waals surface area contributed by atoms with Crippen molar-refractivity contribution in [1.29, 1.82) is 0 Å². The van der Waals surface area contributed by atoms with Gasteiger partial charge < -0.3 is 10.2 Å². The fourth-order valence-electron chi connectivity index (χ4n) is 3.76. The van der Waals surface area contributed by atoms with Crippen molar-refractivity contribution in [2.24, 2.45) is 0 Å². The van der Waals surface area contributed by atoms with Crippen molar-refractivity contribution in [2.45, 2.75) is 25.8 Å². The van der Waals surface area contributed by atoms with E-state index in [2.05, 4.69) is 28.7 Å². The number of pyridine rings is 1. The van der Waals surface area contributed by atoms with E-state index in [0.29, 0.717) is 31.9 Å². The van der Waals surface area contributed by atoms with E-state index in [1.165, 1.54) is 12.1 Å². The lowest BCUT2D eigenvalue weighted by atomic mass is 9.94. The molecule has 2 heterocycles. The summed E-state index contributed by atoms with van der Waals surface area (Å²) in [5, 5.41) is 2.85. The van der Waals surface area contributed by atoms with Gasteiger partial charge in [-0.1, -0.05) is 32.1 Å². The number of nitrogens with zero attached hydrogens (tertiary/aromatic N) is 3. The van der Waals surface area contributed by atoms with E-state index in [1.807, 2.05) is 0 Å². The molecule has 7 heteroatoms. The monoisotopic (exact) mass is 400 g/mol. The summed E-state index contributed by atoms with van der Waals surface area (Å²) in [5.74, 6) is -1.72. The van der Waals surface area contributed by atoms with Crippen LogP contribution >= 0.6 is 0 Å². The van der Waals surface area contributed by atoms with Gasteiger partial charge in [-0.25, -0.2) is 13.6 Å². The van der Waals surface area contributed by atoms with Gasteiger partial charge in [0.2, 0.25) is 0 Å². The summed E-state index contributed by atoms with van der Waals surface area (Å²) in [6.45, 7) is 8.15. The molecule has 1 atom stereocenters. The minimum absolute atomic E-state index is 0.0494. The Morgan fingerprint density at radius 3 is 2.66 bits per heavy atom. The van der Waals surface area contributed by atoms with Crippen molar-refractivity contribution in [3.63, 3.8) is 0 Å². The standard InChI is InChI=1S/C22H26F2N4O/c1-3-6-20(18-8-9-19(23)21(24)17(18)4-2)27-11-13-28(14-12-27)22(29)26-16-7-5-10-25-15-16/h4-5,7-10,15,20H,2-3,6,11-14H2,1H3,(H,26,29). The van der Waals surface area contributed by atoms with Crippen LogP contribution in [0.15, 0.2) is 43.2 Å². The normalized spacial score (nSPS) is 15.8. The minimum atomic E-state index is -0.865. The van der Waals surface area contributed by atoms with Crippen LogP contribution in [0.25, 0.3) is 6.08 Å². The van der Waals surface area contributed by atoms with Crippen LogP contribution in [0.1, 0.15) is 36.9 Å². The Morgan fingerprint density at radius 2 is 2.03 bits per heavy atom. The second-order valence-electron chi connectivity index (χ2n) is 7.07. The molecule has 1 aromatic carbocycles. The van der Waals surface area contributed by atoms with Crippen molar-refractivity contribution < 1.29 is 13.6 Å². The molecule has 0 bridgehead atoms. The first-order chi connectivity index (χ1) is 14.0. The number of nitrogens with one attached hydrogen (secondary N) is 1. The Hall–Kier alpha value is -2.80. The Kier molecular flexibility index (Phi) is 6.93. The SMILES string of the molecule is C=Cc1c(C(CCC)N2CCN(C(=O)Nc3cccnc3)CC2)ccc(F)c1F. The maximum absolute atomic E-state index is 14.3. The minimum Gasteiger partial charge on any atom is -0.322 e. The lowest BCUT2D eigenvalue weighted by Gasteiger charge is -2.40. The van der Waals surface area contributed by atoms with Crippen LogP contribution in [-0.2, 0) is 0 Å². The number of aromatic nitrogens is 1.